The molecule has 5 nitrogen and oxygen atoms in total. The summed E-state index contributed by atoms with van der Waals surface area (Å²) in [5, 5.41) is 0.916. The average molecular weight is 374 g/mol. The van der Waals surface area contributed by atoms with Crippen molar-refractivity contribution in [2.45, 2.75) is 13.3 Å². The maximum Gasteiger partial charge on any atom is 0.254 e. The van der Waals surface area contributed by atoms with Gasteiger partial charge in [0.1, 0.15) is 0 Å². The van der Waals surface area contributed by atoms with Gasteiger partial charge in [0.05, 0.1) is 16.8 Å². The van der Waals surface area contributed by atoms with Crippen molar-refractivity contribution in [3.8, 4) is 11.3 Å². The van der Waals surface area contributed by atoms with Gasteiger partial charge in [-0.05, 0) is 50.2 Å². The van der Waals surface area contributed by atoms with E-state index < -0.39 is 0 Å². The average Bonchev–Trinajstić information content (AvgIpc) is 3.21. The van der Waals surface area contributed by atoms with E-state index >= 15 is 0 Å². The van der Waals surface area contributed by atoms with Crippen LogP contribution < -0.4 is 0 Å². The molecule has 5 heteroatoms. The largest absolute Gasteiger partial charge is 0.338 e. The molecule has 0 radical (unpaired) electrons. The van der Waals surface area contributed by atoms with Gasteiger partial charge in [0.2, 0.25) is 0 Å². The molecule has 0 bridgehead atoms. The van der Waals surface area contributed by atoms with E-state index in [1.165, 1.54) is 0 Å². The Morgan fingerprint density at radius 3 is 2.79 bits per heavy atom. The summed E-state index contributed by atoms with van der Waals surface area (Å²) in [6.45, 7) is 5.89. The zero-order valence-corrected chi connectivity index (χ0v) is 16.5. The molecule has 1 atom stereocenters. The molecule has 0 spiro atoms. The lowest BCUT2D eigenvalue weighted by molar-refractivity contribution is 0.0786. The number of amides is 1. The van der Waals surface area contributed by atoms with Crippen LogP contribution in [-0.2, 0) is 0 Å². The molecule has 28 heavy (non-hydrogen) atoms. The third-order valence-electron chi connectivity index (χ3n) is 5.61. The first-order valence-corrected chi connectivity index (χ1v) is 9.93. The van der Waals surface area contributed by atoms with Gasteiger partial charge in [-0.1, -0.05) is 25.1 Å². The molecule has 3 aromatic rings. The minimum Gasteiger partial charge on any atom is -0.338 e. The van der Waals surface area contributed by atoms with Crippen molar-refractivity contribution in [3.63, 3.8) is 0 Å². The van der Waals surface area contributed by atoms with Crippen LogP contribution in [0.3, 0.4) is 0 Å². The third kappa shape index (κ3) is 3.76. The van der Waals surface area contributed by atoms with Crippen molar-refractivity contribution in [1.82, 2.24) is 19.8 Å². The molecule has 2 aromatic heterocycles. The van der Waals surface area contributed by atoms with Crippen LogP contribution in [0.5, 0.6) is 0 Å². The van der Waals surface area contributed by atoms with E-state index in [1.807, 2.05) is 47.4 Å². The molecule has 1 aliphatic rings. The van der Waals surface area contributed by atoms with E-state index in [0.717, 1.165) is 60.3 Å². The molecule has 1 amide bonds. The van der Waals surface area contributed by atoms with Crippen LogP contribution in [0.2, 0.25) is 0 Å². The molecule has 1 fully saturated rings. The van der Waals surface area contributed by atoms with Crippen LogP contribution in [-0.4, -0.2) is 58.9 Å². The molecule has 144 valence electrons. The molecule has 1 aliphatic heterocycles. The van der Waals surface area contributed by atoms with E-state index in [1.54, 1.807) is 12.4 Å². The quantitative estimate of drug-likeness (QED) is 0.683. The Morgan fingerprint density at radius 1 is 1.21 bits per heavy atom. The molecule has 0 saturated carbocycles. The highest BCUT2D eigenvalue weighted by Gasteiger charge is 2.28. The Kier molecular flexibility index (Phi) is 5.35. The zero-order chi connectivity index (χ0) is 19.5. The maximum atomic E-state index is 13.4. The second kappa shape index (κ2) is 8.07. The number of hydrogen-bond acceptors (Lipinski definition) is 4. The number of rotatable bonds is 5. The van der Waals surface area contributed by atoms with Gasteiger partial charge in [-0.2, -0.15) is 0 Å². The lowest BCUT2D eigenvalue weighted by Gasteiger charge is -2.21. The van der Waals surface area contributed by atoms with Crippen LogP contribution >= 0.6 is 0 Å². The maximum absolute atomic E-state index is 13.4. The summed E-state index contributed by atoms with van der Waals surface area (Å²) in [6.07, 6.45) is 4.57. The van der Waals surface area contributed by atoms with E-state index in [-0.39, 0.29) is 5.91 Å². The van der Waals surface area contributed by atoms with Crippen molar-refractivity contribution in [2.24, 2.45) is 5.92 Å². The van der Waals surface area contributed by atoms with Gasteiger partial charge in [-0.25, -0.2) is 4.98 Å². The molecule has 4 rings (SSSR count). The summed E-state index contributed by atoms with van der Waals surface area (Å²) in [5.74, 6) is 0.650. The van der Waals surface area contributed by atoms with E-state index in [4.69, 9.17) is 4.98 Å². The number of carbonyl (C=O) groups is 1. The molecule has 0 aliphatic carbocycles. The normalized spacial score (nSPS) is 16.8. The van der Waals surface area contributed by atoms with Crippen molar-refractivity contribution >= 4 is 16.8 Å². The smallest absolute Gasteiger partial charge is 0.254 e. The number of carbonyl (C=O) groups excluding carboxylic acids is 1. The molecule has 3 heterocycles. The fraction of sp³-hybridized carbons (Fsp3) is 0.348. The molecular formula is C23H26N4O. The Bertz CT molecular complexity index is 973. The molecule has 1 unspecified atom stereocenters. The fourth-order valence-electron chi connectivity index (χ4n) is 3.93. The minimum atomic E-state index is 0.107. The van der Waals surface area contributed by atoms with Crippen LogP contribution in [0.25, 0.3) is 22.2 Å². The number of likely N-dealkylation sites (tertiary alicyclic amines) is 1. The summed E-state index contributed by atoms with van der Waals surface area (Å²) in [6, 6.07) is 13.7. The monoisotopic (exact) mass is 374 g/mol. The number of aromatic nitrogens is 2. The lowest BCUT2D eigenvalue weighted by Crippen LogP contribution is -2.31. The molecular weight excluding hydrogens is 348 g/mol. The van der Waals surface area contributed by atoms with Gasteiger partial charge < -0.3 is 9.80 Å². The Morgan fingerprint density at radius 2 is 2.00 bits per heavy atom. The van der Waals surface area contributed by atoms with Gasteiger partial charge in [0, 0.05) is 43.0 Å². The first-order chi connectivity index (χ1) is 13.7. The van der Waals surface area contributed by atoms with Gasteiger partial charge in [0.25, 0.3) is 5.91 Å². The van der Waals surface area contributed by atoms with Crippen molar-refractivity contribution in [2.75, 3.05) is 33.2 Å². The zero-order valence-electron chi connectivity index (χ0n) is 16.5. The number of benzene rings is 1. The molecule has 1 saturated heterocycles. The van der Waals surface area contributed by atoms with Crippen LogP contribution in [0.4, 0.5) is 0 Å². The Hall–Kier alpha value is -2.79. The Balaban J connectivity index is 1.67. The second-order valence-corrected chi connectivity index (χ2v) is 7.57. The van der Waals surface area contributed by atoms with Crippen molar-refractivity contribution in [3.05, 3.63) is 60.4 Å². The van der Waals surface area contributed by atoms with Crippen LogP contribution in [0.1, 0.15) is 23.7 Å². The van der Waals surface area contributed by atoms with E-state index in [0.29, 0.717) is 5.92 Å². The van der Waals surface area contributed by atoms with Crippen molar-refractivity contribution < 1.29 is 4.79 Å². The first kappa shape index (κ1) is 18.6. The van der Waals surface area contributed by atoms with Crippen LogP contribution in [0.15, 0.2) is 54.9 Å². The summed E-state index contributed by atoms with van der Waals surface area (Å²) >= 11 is 0. The summed E-state index contributed by atoms with van der Waals surface area (Å²) < 4.78 is 0. The number of hydrogen-bond donors (Lipinski definition) is 0. The van der Waals surface area contributed by atoms with Gasteiger partial charge >= 0.3 is 0 Å². The topological polar surface area (TPSA) is 49.3 Å². The fourth-order valence-corrected chi connectivity index (χ4v) is 3.93. The number of nitrogens with zero attached hydrogens (tertiary/aromatic N) is 4. The standard InChI is InChI=1S/C23H26N4O/c1-3-26(2)15-17-10-13-27(16-17)23(28)20-14-22(18-8-11-24-12-9-18)25-21-7-5-4-6-19(20)21/h4-9,11-12,14,17H,3,10,13,15-16H2,1-2H3. The Labute approximate surface area is 166 Å². The lowest BCUT2D eigenvalue weighted by atomic mass is 10.0. The SMILES string of the molecule is CCN(C)CC1CCN(C(=O)c2cc(-c3ccncc3)nc3ccccc23)C1. The predicted octanol–water partition coefficient (Wildman–Crippen LogP) is 3.71. The summed E-state index contributed by atoms with van der Waals surface area (Å²) in [5.41, 5.74) is 3.37. The van der Waals surface area contributed by atoms with Crippen LogP contribution in [0, 0.1) is 5.92 Å². The van der Waals surface area contributed by atoms with Gasteiger partial charge in [0.15, 0.2) is 0 Å². The number of para-hydroxylation sites is 1. The second-order valence-electron chi connectivity index (χ2n) is 7.57. The van der Waals surface area contributed by atoms with Crippen molar-refractivity contribution in [1.29, 1.82) is 0 Å². The van der Waals surface area contributed by atoms with E-state index in [2.05, 4.69) is 23.9 Å². The molecule has 0 N–H and O–H groups in total. The molecule has 1 aromatic carbocycles. The predicted molar refractivity (Wildman–Crippen MR) is 112 cm³/mol. The van der Waals surface area contributed by atoms with Gasteiger partial charge in [-0.15, -0.1) is 0 Å². The number of pyridine rings is 2. The number of fused-ring (bicyclic) bond motifs is 1. The van der Waals surface area contributed by atoms with E-state index in [9.17, 15) is 4.79 Å². The third-order valence-corrected chi connectivity index (χ3v) is 5.61. The highest BCUT2D eigenvalue weighted by Crippen LogP contribution is 2.27. The minimum absolute atomic E-state index is 0.107. The summed E-state index contributed by atoms with van der Waals surface area (Å²) in [4.78, 5) is 26.6. The highest BCUT2D eigenvalue weighted by molar-refractivity contribution is 6.07. The summed E-state index contributed by atoms with van der Waals surface area (Å²) in [7, 11) is 2.14. The highest BCUT2D eigenvalue weighted by atomic mass is 16.2. The first-order valence-electron chi connectivity index (χ1n) is 9.93. The van der Waals surface area contributed by atoms with Gasteiger partial charge in [-0.3, -0.25) is 9.78 Å².